The van der Waals surface area contributed by atoms with Crippen LogP contribution in [0.5, 0.6) is 0 Å². The Morgan fingerprint density at radius 3 is 2.48 bits per heavy atom. The molecule has 1 fully saturated rings. The standard InChI is InChI=1S/C17H16O6/c18-10-7-11(8-4-2-1-3-5-8)22-17-13(10)9-6-12(19)23-16(9)14(20)15(17)21/h1-5,9,11,14-16,20-21H,6-7H2/t9-,11-,14+,15-,16-/m1/s1. The molecule has 120 valence electrons. The predicted molar refractivity (Wildman–Crippen MR) is 76.9 cm³/mol. The Morgan fingerprint density at radius 1 is 1.00 bits per heavy atom. The number of carbonyl (C=O) groups is 2. The van der Waals surface area contributed by atoms with E-state index in [2.05, 4.69) is 0 Å². The number of esters is 1. The van der Waals surface area contributed by atoms with Crippen LogP contribution < -0.4 is 0 Å². The van der Waals surface area contributed by atoms with Gasteiger partial charge in [-0.3, -0.25) is 9.59 Å². The molecule has 0 aromatic heterocycles. The van der Waals surface area contributed by atoms with Crippen molar-refractivity contribution in [2.45, 2.75) is 37.3 Å². The summed E-state index contributed by atoms with van der Waals surface area (Å²) in [4.78, 5) is 24.2. The highest BCUT2D eigenvalue weighted by Crippen LogP contribution is 2.45. The van der Waals surface area contributed by atoms with Crippen LogP contribution in [0.1, 0.15) is 24.5 Å². The molecular formula is C17H16O6. The smallest absolute Gasteiger partial charge is 0.306 e. The SMILES string of the molecule is O=C1C[C@@H]2C3=C(O[C@@H](c4ccccc4)CC3=O)[C@H](O)[C@H](O)[C@@H]2O1. The number of hydrogen-bond donors (Lipinski definition) is 2. The normalized spacial score (nSPS) is 36.2. The van der Waals surface area contributed by atoms with Crippen LogP contribution in [0.25, 0.3) is 0 Å². The Kier molecular flexibility index (Phi) is 3.25. The van der Waals surface area contributed by atoms with E-state index in [1.54, 1.807) is 0 Å². The van der Waals surface area contributed by atoms with Crippen molar-refractivity contribution in [3.63, 3.8) is 0 Å². The van der Waals surface area contributed by atoms with E-state index in [0.717, 1.165) is 5.56 Å². The first kappa shape index (κ1) is 14.4. The third kappa shape index (κ3) is 2.17. The largest absolute Gasteiger partial charge is 0.486 e. The maximum absolute atomic E-state index is 12.6. The molecule has 0 radical (unpaired) electrons. The van der Waals surface area contributed by atoms with Crippen molar-refractivity contribution >= 4 is 11.8 Å². The minimum Gasteiger partial charge on any atom is -0.486 e. The molecule has 0 spiro atoms. The van der Waals surface area contributed by atoms with Gasteiger partial charge in [0.2, 0.25) is 0 Å². The van der Waals surface area contributed by atoms with Gasteiger partial charge in [-0.15, -0.1) is 0 Å². The average Bonchev–Trinajstić information content (AvgIpc) is 2.94. The molecule has 0 amide bonds. The average molecular weight is 316 g/mol. The van der Waals surface area contributed by atoms with Crippen LogP contribution in [0.15, 0.2) is 41.7 Å². The molecule has 1 aromatic carbocycles. The maximum Gasteiger partial charge on any atom is 0.306 e. The Morgan fingerprint density at radius 2 is 1.74 bits per heavy atom. The monoisotopic (exact) mass is 316 g/mol. The molecule has 0 unspecified atom stereocenters. The highest BCUT2D eigenvalue weighted by molar-refractivity contribution is 5.99. The quantitative estimate of drug-likeness (QED) is 0.739. The Labute approximate surface area is 132 Å². The van der Waals surface area contributed by atoms with Gasteiger partial charge >= 0.3 is 5.97 Å². The number of fused-ring (bicyclic) bond motifs is 2. The molecule has 5 atom stereocenters. The van der Waals surface area contributed by atoms with Crippen LogP contribution >= 0.6 is 0 Å². The first-order valence-electron chi connectivity index (χ1n) is 7.60. The van der Waals surface area contributed by atoms with Crippen molar-refractivity contribution in [3.05, 3.63) is 47.2 Å². The van der Waals surface area contributed by atoms with Crippen LogP contribution in [0.4, 0.5) is 0 Å². The summed E-state index contributed by atoms with van der Waals surface area (Å²) < 4.78 is 10.9. The second-order valence-corrected chi connectivity index (χ2v) is 6.12. The summed E-state index contributed by atoms with van der Waals surface area (Å²) in [6.45, 7) is 0. The summed E-state index contributed by atoms with van der Waals surface area (Å²) in [6.07, 6.45) is -3.86. The minimum absolute atomic E-state index is 0.0262. The Hall–Kier alpha value is -2.18. The van der Waals surface area contributed by atoms with Gasteiger partial charge in [-0.25, -0.2) is 0 Å². The number of Topliss-reactive ketones (excluding diaryl/α,β-unsaturated/α-hetero) is 1. The van der Waals surface area contributed by atoms with E-state index in [4.69, 9.17) is 9.47 Å². The number of aliphatic hydroxyl groups excluding tert-OH is 2. The first-order valence-corrected chi connectivity index (χ1v) is 7.60. The molecule has 2 N–H and O–H groups in total. The molecule has 0 saturated carbocycles. The molecule has 6 nitrogen and oxygen atoms in total. The molecule has 0 bridgehead atoms. The molecular weight excluding hydrogens is 300 g/mol. The van der Waals surface area contributed by atoms with E-state index in [0.29, 0.717) is 5.57 Å². The van der Waals surface area contributed by atoms with E-state index in [1.165, 1.54) is 0 Å². The van der Waals surface area contributed by atoms with Crippen LogP contribution in [-0.4, -0.2) is 40.3 Å². The van der Waals surface area contributed by atoms with Gasteiger partial charge in [-0.1, -0.05) is 30.3 Å². The van der Waals surface area contributed by atoms with Crippen LogP contribution in [0.2, 0.25) is 0 Å². The van der Waals surface area contributed by atoms with E-state index in [1.807, 2.05) is 30.3 Å². The number of rotatable bonds is 1. The topological polar surface area (TPSA) is 93.1 Å². The fourth-order valence-electron chi connectivity index (χ4n) is 3.63. The molecule has 1 aromatic rings. The summed E-state index contributed by atoms with van der Waals surface area (Å²) >= 11 is 0. The number of ether oxygens (including phenoxy) is 2. The lowest BCUT2D eigenvalue weighted by molar-refractivity contribution is -0.153. The fraction of sp³-hybridized carbons (Fsp3) is 0.412. The molecule has 4 rings (SSSR count). The maximum atomic E-state index is 12.6. The highest BCUT2D eigenvalue weighted by atomic mass is 16.6. The predicted octanol–water partition coefficient (Wildman–Crippen LogP) is 0.638. The van der Waals surface area contributed by atoms with Gasteiger partial charge in [0.1, 0.15) is 30.2 Å². The van der Waals surface area contributed by atoms with E-state index >= 15 is 0 Å². The number of benzene rings is 1. The molecule has 3 aliphatic rings. The number of hydrogen-bond acceptors (Lipinski definition) is 6. The lowest BCUT2D eigenvalue weighted by Gasteiger charge is -2.39. The third-order valence-electron chi connectivity index (χ3n) is 4.73. The summed E-state index contributed by atoms with van der Waals surface area (Å²) in [6, 6.07) is 9.25. The number of carbonyl (C=O) groups excluding carboxylic acids is 2. The van der Waals surface area contributed by atoms with Crippen molar-refractivity contribution in [1.82, 2.24) is 0 Å². The van der Waals surface area contributed by atoms with Crippen LogP contribution in [0, 0.1) is 5.92 Å². The summed E-state index contributed by atoms with van der Waals surface area (Å²) in [5, 5.41) is 20.5. The second kappa shape index (κ2) is 5.18. The van der Waals surface area contributed by atoms with Crippen molar-refractivity contribution in [1.29, 1.82) is 0 Å². The van der Waals surface area contributed by atoms with Crippen LogP contribution in [-0.2, 0) is 19.1 Å². The van der Waals surface area contributed by atoms with Gasteiger partial charge in [0.15, 0.2) is 5.78 Å². The lowest BCUT2D eigenvalue weighted by atomic mass is 9.76. The van der Waals surface area contributed by atoms with Gasteiger partial charge in [0.05, 0.1) is 12.8 Å². The third-order valence-corrected chi connectivity index (χ3v) is 4.73. The minimum atomic E-state index is -1.37. The highest BCUT2D eigenvalue weighted by Gasteiger charge is 2.54. The van der Waals surface area contributed by atoms with E-state index in [9.17, 15) is 19.8 Å². The Balaban J connectivity index is 1.73. The van der Waals surface area contributed by atoms with Crippen LogP contribution in [0.3, 0.4) is 0 Å². The van der Waals surface area contributed by atoms with Gasteiger partial charge in [-0.05, 0) is 5.56 Å². The number of ketones is 1. The summed E-state index contributed by atoms with van der Waals surface area (Å²) in [5.74, 6) is -1.10. The van der Waals surface area contributed by atoms with Crippen molar-refractivity contribution < 1.29 is 29.3 Å². The molecule has 1 saturated heterocycles. The zero-order valence-electron chi connectivity index (χ0n) is 12.2. The van der Waals surface area contributed by atoms with Crippen molar-refractivity contribution in [2.75, 3.05) is 0 Å². The molecule has 6 heteroatoms. The van der Waals surface area contributed by atoms with Gasteiger partial charge < -0.3 is 19.7 Å². The molecule has 23 heavy (non-hydrogen) atoms. The molecule has 2 aliphatic heterocycles. The summed E-state index contributed by atoms with van der Waals surface area (Å²) in [7, 11) is 0. The van der Waals surface area contributed by atoms with E-state index in [-0.39, 0.29) is 24.4 Å². The zero-order chi connectivity index (χ0) is 16.1. The van der Waals surface area contributed by atoms with Gasteiger partial charge in [-0.2, -0.15) is 0 Å². The lowest BCUT2D eigenvalue weighted by Crippen LogP contribution is -2.49. The van der Waals surface area contributed by atoms with Crippen molar-refractivity contribution in [2.24, 2.45) is 5.92 Å². The first-order chi connectivity index (χ1) is 11.1. The molecule has 1 aliphatic carbocycles. The van der Waals surface area contributed by atoms with E-state index < -0.39 is 36.3 Å². The summed E-state index contributed by atoms with van der Waals surface area (Å²) in [5.41, 5.74) is 1.13. The Bertz CT molecular complexity index is 694. The fourth-order valence-corrected chi connectivity index (χ4v) is 3.63. The zero-order valence-corrected chi connectivity index (χ0v) is 12.2. The number of aliphatic hydroxyl groups is 2. The van der Waals surface area contributed by atoms with Gasteiger partial charge in [0.25, 0.3) is 0 Å². The second-order valence-electron chi connectivity index (χ2n) is 6.12. The molecule has 2 heterocycles. The van der Waals surface area contributed by atoms with Gasteiger partial charge in [0, 0.05) is 11.5 Å². The van der Waals surface area contributed by atoms with Crippen molar-refractivity contribution in [3.8, 4) is 0 Å².